The molecule has 0 heterocycles. The normalized spacial score (nSPS) is 10.8. The number of carbonyl (C=O) groups is 1. The molecule has 0 aliphatic carbocycles. The molecule has 0 radical (unpaired) electrons. The molecule has 28 heavy (non-hydrogen) atoms. The lowest BCUT2D eigenvalue weighted by molar-refractivity contribution is 0.0953. The lowest BCUT2D eigenvalue weighted by atomic mass is 10.1. The molecule has 2 aromatic carbocycles. The highest BCUT2D eigenvalue weighted by Gasteiger charge is 2.06. The molecule has 0 spiro atoms. The highest BCUT2D eigenvalue weighted by atomic mass is 127. The number of aliphatic imine (C=N–C) groups is 1. The summed E-state index contributed by atoms with van der Waals surface area (Å²) in [7, 11) is 0. The molecule has 0 unspecified atom stereocenters. The van der Waals surface area contributed by atoms with Crippen LogP contribution in [-0.2, 0) is 13.1 Å². The maximum atomic E-state index is 13.3. The van der Waals surface area contributed by atoms with Gasteiger partial charge in [0.15, 0.2) is 5.96 Å². The number of rotatable bonds is 8. The monoisotopic (exact) mass is 498 g/mol. The zero-order chi connectivity index (χ0) is 19.5. The van der Waals surface area contributed by atoms with Gasteiger partial charge in [-0.05, 0) is 48.7 Å². The van der Waals surface area contributed by atoms with Gasteiger partial charge in [0.25, 0.3) is 5.91 Å². The Kier molecular flexibility index (Phi) is 11.2. The molecule has 0 aromatic heterocycles. The van der Waals surface area contributed by atoms with Crippen LogP contribution in [-0.4, -0.2) is 25.0 Å². The van der Waals surface area contributed by atoms with Gasteiger partial charge >= 0.3 is 0 Å². The molecular formula is C21H28FIN4O. The molecule has 5 nitrogen and oxygen atoms in total. The minimum atomic E-state index is -0.265. The van der Waals surface area contributed by atoms with Crippen LogP contribution < -0.4 is 16.0 Å². The summed E-state index contributed by atoms with van der Waals surface area (Å²) in [5, 5.41) is 9.29. The van der Waals surface area contributed by atoms with Gasteiger partial charge in [-0.15, -0.1) is 24.0 Å². The van der Waals surface area contributed by atoms with E-state index in [2.05, 4.69) is 20.9 Å². The fraction of sp³-hybridized carbons (Fsp3) is 0.333. The molecule has 0 fully saturated rings. The first-order valence-electron chi connectivity index (χ1n) is 9.26. The van der Waals surface area contributed by atoms with Gasteiger partial charge in [0.1, 0.15) is 5.82 Å². The fourth-order valence-corrected chi connectivity index (χ4v) is 2.50. The zero-order valence-corrected chi connectivity index (χ0v) is 18.6. The third-order valence-corrected chi connectivity index (χ3v) is 3.84. The van der Waals surface area contributed by atoms with Gasteiger partial charge in [-0.2, -0.15) is 0 Å². The second-order valence-corrected chi connectivity index (χ2v) is 6.13. The van der Waals surface area contributed by atoms with Crippen molar-refractivity contribution in [2.24, 2.45) is 4.99 Å². The third-order valence-electron chi connectivity index (χ3n) is 3.84. The Labute approximate surface area is 183 Å². The molecule has 0 atom stereocenters. The summed E-state index contributed by atoms with van der Waals surface area (Å²) in [5.41, 5.74) is 2.43. The Morgan fingerprint density at radius 3 is 2.46 bits per heavy atom. The van der Waals surface area contributed by atoms with Crippen LogP contribution in [0.25, 0.3) is 0 Å². The van der Waals surface area contributed by atoms with Gasteiger partial charge < -0.3 is 16.0 Å². The number of carbonyl (C=O) groups excluding carboxylic acids is 1. The van der Waals surface area contributed by atoms with E-state index in [1.54, 1.807) is 12.1 Å². The molecule has 2 aromatic rings. The number of hydrogen-bond acceptors (Lipinski definition) is 2. The quantitative estimate of drug-likeness (QED) is 0.295. The molecule has 1 amide bonds. The number of halogens is 2. The van der Waals surface area contributed by atoms with Crippen LogP contribution in [0.15, 0.2) is 53.5 Å². The summed E-state index contributed by atoms with van der Waals surface area (Å²) < 4.78 is 13.3. The molecule has 152 valence electrons. The molecule has 0 saturated carbocycles. The molecule has 2 rings (SSSR count). The van der Waals surface area contributed by atoms with Crippen LogP contribution in [0.3, 0.4) is 0 Å². The van der Waals surface area contributed by atoms with E-state index in [1.807, 2.05) is 38.1 Å². The SMILES string of the molecule is CCCNC(=O)c1cccc(CNC(=NCc2cccc(F)c2)NCC)c1.I. The number of guanidine groups is 1. The molecule has 7 heteroatoms. The van der Waals surface area contributed by atoms with Crippen LogP contribution in [0.1, 0.15) is 41.8 Å². The maximum Gasteiger partial charge on any atom is 0.251 e. The van der Waals surface area contributed by atoms with Crippen molar-refractivity contribution >= 4 is 35.8 Å². The average molecular weight is 498 g/mol. The molecule has 0 aliphatic rings. The predicted octanol–water partition coefficient (Wildman–Crippen LogP) is 3.84. The maximum absolute atomic E-state index is 13.3. The Balaban J connectivity index is 0.00000392. The van der Waals surface area contributed by atoms with Crippen molar-refractivity contribution in [2.45, 2.75) is 33.4 Å². The van der Waals surface area contributed by atoms with Gasteiger partial charge in [0.05, 0.1) is 6.54 Å². The van der Waals surface area contributed by atoms with E-state index in [-0.39, 0.29) is 35.7 Å². The zero-order valence-electron chi connectivity index (χ0n) is 16.3. The van der Waals surface area contributed by atoms with E-state index in [9.17, 15) is 9.18 Å². The van der Waals surface area contributed by atoms with Crippen molar-refractivity contribution in [3.63, 3.8) is 0 Å². The number of nitrogens with zero attached hydrogens (tertiary/aromatic N) is 1. The van der Waals surface area contributed by atoms with Crippen LogP contribution >= 0.6 is 24.0 Å². The first-order valence-corrected chi connectivity index (χ1v) is 9.26. The molecule has 0 aliphatic heterocycles. The first kappa shape index (κ1) is 23.9. The van der Waals surface area contributed by atoms with E-state index in [0.29, 0.717) is 37.7 Å². The Morgan fingerprint density at radius 2 is 1.75 bits per heavy atom. The van der Waals surface area contributed by atoms with Gasteiger partial charge in [-0.3, -0.25) is 4.79 Å². The number of nitrogens with one attached hydrogen (secondary N) is 3. The van der Waals surface area contributed by atoms with E-state index < -0.39 is 0 Å². The lowest BCUT2D eigenvalue weighted by Gasteiger charge is -2.12. The van der Waals surface area contributed by atoms with E-state index in [1.165, 1.54) is 12.1 Å². The van der Waals surface area contributed by atoms with Gasteiger partial charge in [-0.25, -0.2) is 9.38 Å². The summed E-state index contributed by atoms with van der Waals surface area (Å²) in [6, 6.07) is 13.9. The summed E-state index contributed by atoms with van der Waals surface area (Å²) in [4.78, 5) is 16.6. The Morgan fingerprint density at radius 1 is 1.00 bits per heavy atom. The Bertz CT molecular complexity index is 783. The van der Waals surface area contributed by atoms with Gasteiger partial charge in [0, 0.05) is 25.2 Å². The van der Waals surface area contributed by atoms with E-state index in [4.69, 9.17) is 0 Å². The summed E-state index contributed by atoms with van der Waals surface area (Å²) in [5.74, 6) is 0.312. The first-order chi connectivity index (χ1) is 13.1. The van der Waals surface area contributed by atoms with Gasteiger partial charge in [0.2, 0.25) is 0 Å². The lowest BCUT2D eigenvalue weighted by Crippen LogP contribution is -2.36. The highest BCUT2D eigenvalue weighted by Crippen LogP contribution is 2.06. The van der Waals surface area contributed by atoms with Crippen LogP contribution in [0.2, 0.25) is 0 Å². The largest absolute Gasteiger partial charge is 0.357 e. The minimum Gasteiger partial charge on any atom is -0.357 e. The second kappa shape index (κ2) is 13.1. The summed E-state index contributed by atoms with van der Waals surface area (Å²) in [6.07, 6.45) is 0.904. The van der Waals surface area contributed by atoms with Crippen molar-refractivity contribution in [3.05, 3.63) is 71.0 Å². The fourth-order valence-electron chi connectivity index (χ4n) is 2.50. The standard InChI is InChI=1S/C21H27FN4O.HI/c1-3-11-24-20(27)18-9-5-7-16(12-18)14-25-21(23-4-2)26-15-17-8-6-10-19(22)13-17;/h5-10,12-13H,3-4,11,14-15H2,1-2H3,(H,24,27)(H2,23,25,26);1H. The van der Waals surface area contributed by atoms with Crippen LogP contribution in [0.4, 0.5) is 4.39 Å². The number of amides is 1. The smallest absolute Gasteiger partial charge is 0.251 e. The molecular weight excluding hydrogens is 470 g/mol. The van der Waals surface area contributed by atoms with E-state index in [0.717, 1.165) is 17.5 Å². The van der Waals surface area contributed by atoms with Crippen molar-refractivity contribution < 1.29 is 9.18 Å². The van der Waals surface area contributed by atoms with Crippen LogP contribution in [0, 0.1) is 5.82 Å². The Hall–Kier alpha value is -2.16. The van der Waals surface area contributed by atoms with Crippen LogP contribution in [0.5, 0.6) is 0 Å². The molecule has 0 bridgehead atoms. The summed E-state index contributed by atoms with van der Waals surface area (Å²) >= 11 is 0. The number of benzene rings is 2. The average Bonchev–Trinajstić information content (AvgIpc) is 2.68. The topological polar surface area (TPSA) is 65.5 Å². The predicted molar refractivity (Wildman–Crippen MR) is 123 cm³/mol. The van der Waals surface area contributed by atoms with E-state index >= 15 is 0 Å². The second-order valence-electron chi connectivity index (χ2n) is 6.13. The minimum absolute atomic E-state index is 0. The molecule has 0 saturated heterocycles. The molecule has 3 N–H and O–H groups in total. The third kappa shape index (κ3) is 8.24. The van der Waals surface area contributed by atoms with Gasteiger partial charge in [-0.1, -0.05) is 31.2 Å². The van der Waals surface area contributed by atoms with Crippen molar-refractivity contribution in [3.8, 4) is 0 Å². The number of hydrogen-bond donors (Lipinski definition) is 3. The van der Waals surface area contributed by atoms with Crippen molar-refractivity contribution in [1.29, 1.82) is 0 Å². The highest BCUT2D eigenvalue weighted by molar-refractivity contribution is 14.0. The summed E-state index contributed by atoms with van der Waals surface area (Å²) in [6.45, 7) is 6.30. The van der Waals surface area contributed by atoms with Crippen molar-refractivity contribution in [2.75, 3.05) is 13.1 Å². The van der Waals surface area contributed by atoms with Crippen molar-refractivity contribution in [1.82, 2.24) is 16.0 Å².